The van der Waals surface area contributed by atoms with Crippen LogP contribution >= 0.6 is 0 Å². The van der Waals surface area contributed by atoms with Gasteiger partial charge in [-0.1, -0.05) is 0 Å². The van der Waals surface area contributed by atoms with Crippen molar-refractivity contribution in [3.8, 4) is 0 Å². The zero-order valence-electron chi connectivity index (χ0n) is 9.03. The van der Waals surface area contributed by atoms with Crippen LogP contribution < -0.4 is 5.32 Å². The Morgan fingerprint density at radius 2 is 2.38 bits per heavy atom. The molecular formula is C10H13N5O. The molecule has 16 heavy (non-hydrogen) atoms. The molecule has 6 nitrogen and oxygen atoms in total. The van der Waals surface area contributed by atoms with E-state index in [0.29, 0.717) is 12.3 Å². The van der Waals surface area contributed by atoms with Crippen molar-refractivity contribution < 1.29 is 4.74 Å². The van der Waals surface area contributed by atoms with Crippen LogP contribution in [0.1, 0.15) is 13.3 Å². The molecule has 1 saturated heterocycles. The maximum absolute atomic E-state index is 5.39. The van der Waals surface area contributed by atoms with Gasteiger partial charge in [0.05, 0.1) is 18.5 Å². The molecule has 0 radical (unpaired) electrons. The first-order valence-corrected chi connectivity index (χ1v) is 5.27. The van der Waals surface area contributed by atoms with Crippen LogP contribution in [0.3, 0.4) is 0 Å². The Kier molecular flexibility index (Phi) is 2.03. The largest absolute Gasteiger partial charge is 0.379 e. The highest BCUT2D eigenvalue weighted by molar-refractivity contribution is 5.82. The predicted octanol–water partition coefficient (Wildman–Crippen LogP) is 0.944. The second kappa shape index (κ2) is 3.41. The Balaban J connectivity index is 1.96. The fourth-order valence-electron chi connectivity index (χ4n) is 1.91. The van der Waals surface area contributed by atoms with Crippen molar-refractivity contribution in [1.82, 2.24) is 19.9 Å². The van der Waals surface area contributed by atoms with Crippen LogP contribution in [-0.2, 0) is 4.74 Å². The van der Waals surface area contributed by atoms with E-state index in [4.69, 9.17) is 4.74 Å². The highest BCUT2D eigenvalue weighted by Gasteiger charge is 2.30. The van der Waals surface area contributed by atoms with E-state index in [1.807, 2.05) is 0 Å². The van der Waals surface area contributed by atoms with Gasteiger partial charge >= 0.3 is 0 Å². The molecule has 1 aliphatic rings. The van der Waals surface area contributed by atoms with Crippen LogP contribution in [0, 0.1) is 0 Å². The van der Waals surface area contributed by atoms with Crippen molar-refractivity contribution in [2.45, 2.75) is 18.9 Å². The van der Waals surface area contributed by atoms with Gasteiger partial charge in [0.25, 0.3) is 0 Å². The molecule has 0 spiro atoms. The van der Waals surface area contributed by atoms with Crippen molar-refractivity contribution >= 4 is 17.0 Å². The van der Waals surface area contributed by atoms with Crippen molar-refractivity contribution in [3.63, 3.8) is 0 Å². The summed E-state index contributed by atoms with van der Waals surface area (Å²) in [5.74, 6) is 0.788. The molecule has 84 valence electrons. The van der Waals surface area contributed by atoms with Crippen molar-refractivity contribution in [3.05, 3.63) is 12.7 Å². The summed E-state index contributed by atoms with van der Waals surface area (Å²) in [5.41, 5.74) is 1.47. The third-order valence-electron chi connectivity index (χ3n) is 2.86. The van der Waals surface area contributed by atoms with Gasteiger partial charge in [-0.2, -0.15) is 0 Å². The van der Waals surface area contributed by atoms with Crippen LogP contribution in [-0.4, -0.2) is 38.7 Å². The lowest BCUT2D eigenvalue weighted by Gasteiger charge is -2.24. The molecule has 0 bridgehead atoms. The Morgan fingerprint density at radius 3 is 3.19 bits per heavy atom. The van der Waals surface area contributed by atoms with Gasteiger partial charge in [0.2, 0.25) is 0 Å². The summed E-state index contributed by atoms with van der Waals surface area (Å²) < 4.78 is 5.39. The highest BCUT2D eigenvalue weighted by atomic mass is 16.5. The molecule has 0 aromatic carbocycles. The number of nitrogens with one attached hydrogen (secondary N) is 2. The molecule has 0 saturated carbocycles. The van der Waals surface area contributed by atoms with E-state index in [1.165, 1.54) is 6.33 Å². The second-order valence-electron chi connectivity index (χ2n) is 4.31. The number of nitrogens with zero attached hydrogens (tertiary/aromatic N) is 3. The fraction of sp³-hybridized carbons (Fsp3) is 0.500. The number of aromatic amines is 1. The number of fused-ring (bicyclic) bond motifs is 1. The Bertz CT molecular complexity index is 503. The van der Waals surface area contributed by atoms with E-state index >= 15 is 0 Å². The SMILES string of the molecule is CC1(Nc2ncnc3nc[nH]c23)CCOC1. The van der Waals surface area contributed by atoms with Crippen LogP contribution in [0.4, 0.5) is 5.82 Å². The molecule has 1 unspecified atom stereocenters. The first-order valence-electron chi connectivity index (χ1n) is 5.27. The predicted molar refractivity (Wildman–Crippen MR) is 59.1 cm³/mol. The Morgan fingerprint density at radius 1 is 1.44 bits per heavy atom. The summed E-state index contributed by atoms with van der Waals surface area (Å²) in [6.07, 6.45) is 4.12. The number of hydrogen-bond acceptors (Lipinski definition) is 5. The standard InChI is InChI=1S/C10H13N5O/c1-10(2-3-16-4-10)15-9-7-8(12-5-11-7)13-6-14-9/h5-6H,2-4H2,1H3,(H2,11,12,13,14,15). The maximum Gasteiger partial charge on any atom is 0.182 e. The van der Waals surface area contributed by atoms with Crippen LogP contribution in [0.5, 0.6) is 0 Å². The molecule has 1 aliphatic heterocycles. The van der Waals surface area contributed by atoms with Crippen molar-refractivity contribution in [2.75, 3.05) is 18.5 Å². The molecular weight excluding hydrogens is 206 g/mol. The van der Waals surface area contributed by atoms with E-state index in [-0.39, 0.29) is 5.54 Å². The van der Waals surface area contributed by atoms with Crippen molar-refractivity contribution in [1.29, 1.82) is 0 Å². The van der Waals surface area contributed by atoms with E-state index in [9.17, 15) is 0 Å². The Hall–Kier alpha value is -1.69. The number of anilines is 1. The number of H-pyrrole nitrogens is 1. The van der Waals surface area contributed by atoms with Gasteiger partial charge in [-0.3, -0.25) is 0 Å². The normalized spacial score (nSPS) is 25.1. The first-order chi connectivity index (χ1) is 7.77. The van der Waals surface area contributed by atoms with Gasteiger partial charge in [-0.15, -0.1) is 0 Å². The van der Waals surface area contributed by atoms with E-state index in [0.717, 1.165) is 24.4 Å². The number of rotatable bonds is 2. The van der Waals surface area contributed by atoms with Crippen LogP contribution in [0.25, 0.3) is 11.2 Å². The van der Waals surface area contributed by atoms with Crippen LogP contribution in [0.2, 0.25) is 0 Å². The van der Waals surface area contributed by atoms with Gasteiger partial charge in [-0.05, 0) is 13.3 Å². The number of ether oxygens (including phenoxy) is 1. The maximum atomic E-state index is 5.39. The third kappa shape index (κ3) is 1.51. The molecule has 2 aromatic heterocycles. The zero-order valence-corrected chi connectivity index (χ0v) is 9.03. The molecule has 3 rings (SSSR count). The molecule has 0 aliphatic carbocycles. The van der Waals surface area contributed by atoms with Gasteiger partial charge < -0.3 is 15.0 Å². The van der Waals surface area contributed by atoms with Gasteiger partial charge in [-0.25, -0.2) is 15.0 Å². The van der Waals surface area contributed by atoms with Crippen LogP contribution in [0.15, 0.2) is 12.7 Å². The number of hydrogen-bond donors (Lipinski definition) is 2. The molecule has 0 amide bonds. The molecule has 2 aromatic rings. The minimum atomic E-state index is -0.0492. The lowest BCUT2D eigenvalue weighted by Crippen LogP contribution is -2.35. The molecule has 3 heterocycles. The summed E-state index contributed by atoms with van der Waals surface area (Å²) in [5, 5.41) is 3.40. The van der Waals surface area contributed by atoms with E-state index < -0.39 is 0 Å². The van der Waals surface area contributed by atoms with E-state index in [2.05, 4.69) is 32.2 Å². The third-order valence-corrected chi connectivity index (χ3v) is 2.86. The topological polar surface area (TPSA) is 75.7 Å². The minimum Gasteiger partial charge on any atom is -0.379 e. The monoisotopic (exact) mass is 219 g/mol. The lowest BCUT2D eigenvalue weighted by molar-refractivity contribution is 0.185. The Labute approximate surface area is 92.5 Å². The molecule has 6 heteroatoms. The summed E-state index contributed by atoms with van der Waals surface area (Å²) >= 11 is 0. The minimum absolute atomic E-state index is 0.0492. The highest BCUT2D eigenvalue weighted by Crippen LogP contribution is 2.25. The van der Waals surface area contributed by atoms with Gasteiger partial charge in [0.1, 0.15) is 11.8 Å². The molecule has 1 atom stereocenters. The van der Waals surface area contributed by atoms with Gasteiger partial charge in [0.15, 0.2) is 11.5 Å². The summed E-state index contributed by atoms with van der Waals surface area (Å²) in [4.78, 5) is 15.5. The molecule has 1 fully saturated rings. The first kappa shape index (κ1) is 9.53. The molecule has 2 N–H and O–H groups in total. The average Bonchev–Trinajstić information content (AvgIpc) is 2.87. The second-order valence-corrected chi connectivity index (χ2v) is 4.31. The average molecular weight is 219 g/mol. The quantitative estimate of drug-likeness (QED) is 0.786. The zero-order chi connectivity index (χ0) is 11.0. The number of aromatic nitrogens is 4. The smallest absolute Gasteiger partial charge is 0.182 e. The summed E-state index contributed by atoms with van der Waals surface area (Å²) in [6.45, 7) is 3.62. The van der Waals surface area contributed by atoms with Crippen molar-refractivity contribution in [2.24, 2.45) is 0 Å². The summed E-state index contributed by atoms with van der Waals surface area (Å²) in [7, 11) is 0. The fourth-order valence-corrected chi connectivity index (χ4v) is 1.91. The number of imidazole rings is 1. The van der Waals surface area contributed by atoms with E-state index in [1.54, 1.807) is 6.33 Å². The summed E-state index contributed by atoms with van der Waals surface area (Å²) in [6, 6.07) is 0. The lowest BCUT2D eigenvalue weighted by atomic mass is 10.0. The van der Waals surface area contributed by atoms with Gasteiger partial charge in [0, 0.05) is 6.61 Å².